The predicted molar refractivity (Wildman–Crippen MR) is 86.6 cm³/mol. The topological polar surface area (TPSA) is 60.1 Å². The van der Waals surface area contributed by atoms with Gasteiger partial charge in [-0.3, -0.25) is 4.79 Å². The van der Waals surface area contributed by atoms with Gasteiger partial charge in [0.15, 0.2) is 11.6 Å². The third-order valence-corrected chi connectivity index (χ3v) is 4.50. The van der Waals surface area contributed by atoms with E-state index < -0.39 is 0 Å². The Balaban J connectivity index is 1.78. The molecule has 1 atom stereocenters. The molecule has 1 aliphatic rings. The summed E-state index contributed by atoms with van der Waals surface area (Å²) in [6.07, 6.45) is 4.42. The molecule has 6 heteroatoms. The van der Waals surface area contributed by atoms with E-state index in [2.05, 4.69) is 22.0 Å². The summed E-state index contributed by atoms with van der Waals surface area (Å²) in [4.78, 5) is 21.2. The summed E-state index contributed by atoms with van der Waals surface area (Å²) in [7, 11) is 0. The first-order valence-corrected chi connectivity index (χ1v) is 8.18. The molecule has 0 saturated carbocycles. The summed E-state index contributed by atoms with van der Waals surface area (Å²) >= 11 is 0. The zero-order chi connectivity index (χ0) is 16.7. The van der Waals surface area contributed by atoms with Crippen LogP contribution in [0.15, 0.2) is 30.5 Å². The van der Waals surface area contributed by atoms with Gasteiger partial charge in [0.25, 0.3) is 5.78 Å². The number of ketones is 1. The molecule has 3 aromatic rings. The lowest BCUT2D eigenvalue weighted by Gasteiger charge is -2.23. The number of benzene rings is 1. The second-order valence-corrected chi connectivity index (χ2v) is 6.19. The van der Waals surface area contributed by atoms with Crippen molar-refractivity contribution in [2.45, 2.75) is 38.5 Å². The summed E-state index contributed by atoms with van der Waals surface area (Å²) in [6, 6.07) is 6.37. The Hall–Kier alpha value is -2.63. The first kappa shape index (κ1) is 14.9. The van der Waals surface area contributed by atoms with E-state index in [0.717, 1.165) is 29.9 Å². The minimum Gasteiger partial charge on any atom is -0.294 e. The van der Waals surface area contributed by atoms with Crippen molar-refractivity contribution in [3.05, 3.63) is 58.9 Å². The summed E-state index contributed by atoms with van der Waals surface area (Å²) in [5, 5.41) is 4.52. The fraction of sp³-hybridized carbons (Fsp3) is 0.333. The minimum absolute atomic E-state index is 0.0232. The van der Waals surface area contributed by atoms with Crippen LogP contribution in [0.2, 0.25) is 0 Å². The molecule has 0 fully saturated rings. The number of nitrogens with zero attached hydrogens (tertiary/aromatic N) is 4. The molecule has 0 amide bonds. The van der Waals surface area contributed by atoms with Gasteiger partial charge < -0.3 is 0 Å². The third-order valence-electron chi connectivity index (χ3n) is 4.50. The second-order valence-electron chi connectivity index (χ2n) is 6.19. The Labute approximate surface area is 138 Å². The number of aryl methyl sites for hydroxylation is 1. The van der Waals surface area contributed by atoms with Gasteiger partial charge >= 0.3 is 0 Å². The molecule has 24 heavy (non-hydrogen) atoms. The van der Waals surface area contributed by atoms with Gasteiger partial charge in [0.1, 0.15) is 5.82 Å². The maximum atomic E-state index is 13.2. The summed E-state index contributed by atoms with van der Waals surface area (Å²) < 4.78 is 14.9. The van der Waals surface area contributed by atoms with E-state index in [-0.39, 0.29) is 17.5 Å². The molecule has 5 nitrogen and oxygen atoms in total. The van der Waals surface area contributed by atoms with Crippen LogP contribution in [0.5, 0.6) is 0 Å². The van der Waals surface area contributed by atoms with Crippen LogP contribution in [0.1, 0.15) is 53.1 Å². The zero-order valence-electron chi connectivity index (χ0n) is 13.4. The molecule has 2 heterocycles. The lowest BCUT2D eigenvalue weighted by molar-refractivity contribution is 0.0962. The SMILES string of the molecule is CCCc1nc2ncc3c(n2n1)CC(c1ccc(F)cc1)CC3=O. The van der Waals surface area contributed by atoms with Crippen molar-refractivity contribution in [3.8, 4) is 0 Å². The number of hydrogen-bond acceptors (Lipinski definition) is 4. The van der Waals surface area contributed by atoms with Gasteiger partial charge in [-0.2, -0.15) is 4.98 Å². The first-order valence-electron chi connectivity index (χ1n) is 8.18. The maximum Gasteiger partial charge on any atom is 0.252 e. The zero-order valence-corrected chi connectivity index (χ0v) is 13.4. The highest BCUT2D eigenvalue weighted by molar-refractivity contribution is 5.98. The minimum atomic E-state index is -0.270. The Morgan fingerprint density at radius 1 is 1.25 bits per heavy atom. The van der Waals surface area contributed by atoms with Gasteiger partial charge in [-0.25, -0.2) is 13.9 Å². The van der Waals surface area contributed by atoms with Gasteiger partial charge in [0, 0.05) is 19.0 Å². The van der Waals surface area contributed by atoms with E-state index in [0.29, 0.717) is 24.2 Å². The van der Waals surface area contributed by atoms with E-state index in [9.17, 15) is 9.18 Å². The van der Waals surface area contributed by atoms with Gasteiger partial charge in [-0.05, 0) is 36.5 Å². The monoisotopic (exact) mass is 324 g/mol. The predicted octanol–water partition coefficient (Wildman–Crippen LogP) is 3.13. The molecule has 0 radical (unpaired) electrons. The molecule has 0 bridgehead atoms. The number of aromatic nitrogens is 4. The van der Waals surface area contributed by atoms with Crippen molar-refractivity contribution in [1.82, 2.24) is 19.6 Å². The molecule has 2 aromatic heterocycles. The van der Waals surface area contributed by atoms with E-state index >= 15 is 0 Å². The molecule has 1 unspecified atom stereocenters. The van der Waals surface area contributed by atoms with Crippen LogP contribution >= 0.6 is 0 Å². The second kappa shape index (κ2) is 5.78. The number of hydrogen-bond donors (Lipinski definition) is 0. The van der Waals surface area contributed by atoms with Crippen LogP contribution in [0.4, 0.5) is 4.39 Å². The molecule has 0 N–H and O–H groups in total. The van der Waals surface area contributed by atoms with Crippen molar-refractivity contribution in [3.63, 3.8) is 0 Å². The molecule has 4 rings (SSSR count). The lowest BCUT2D eigenvalue weighted by atomic mass is 9.82. The van der Waals surface area contributed by atoms with Crippen LogP contribution in [0.3, 0.4) is 0 Å². The number of rotatable bonds is 3. The highest BCUT2D eigenvalue weighted by Crippen LogP contribution is 2.32. The molecular formula is C18H17FN4O. The lowest BCUT2D eigenvalue weighted by Crippen LogP contribution is -2.22. The summed E-state index contributed by atoms with van der Waals surface area (Å²) in [5.74, 6) is 1.08. The Bertz CT molecular complexity index is 917. The average Bonchev–Trinajstić information content (AvgIpc) is 2.99. The molecule has 0 aliphatic heterocycles. The van der Waals surface area contributed by atoms with Crippen LogP contribution in [-0.4, -0.2) is 25.4 Å². The number of carbonyl (C=O) groups excluding carboxylic acids is 1. The van der Waals surface area contributed by atoms with Crippen LogP contribution in [-0.2, 0) is 12.8 Å². The van der Waals surface area contributed by atoms with Crippen molar-refractivity contribution in [2.24, 2.45) is 0 Å². The normalized spacial score (nSPS) is 17.2. The standard InChI is InChI=1S/C18H17FN4O/c1-2-3-17-21-18-20-10-14-15(23(18)22-17)8-12(9-16(14)24)11-4-6-13(19)7-5-11/h4-7,10,12H,2-3,8-9H2,1H3. The van der Waals surface area contributed by atoms with Gasteiger partial charge in [0.05, 0.1) is 11.3 Å². The fourth-order valence-corrected chi connectivity index (χ4v) is 3.29. The third kappa shape index (κ3) is 2.48. The molecule has 0 spiro atoms. The Morgan fingerprint density at radius 3 is 2.79 bits per heavy atom. The van der Waals surface area contributed by atoms with Crippen molar-refractivity contribution in [1.29, 1.82) is 0 Å². The molecule has 1 aromatic carbocycles. The first-order chi connectivity index (χ1) is 11.7. The molecule has 122 valence electrons. The van der Waals surface area contributed by atoms with Crippen LogP contribution in [0.25, 0.3) is 5.78 Å². The molecule has 1 aliphatic carbocycles. The number of fused-ring (bicyclic) bond motifs is 3. The summed E-state index contributed by atoms with van der Waals surface area (Å²) in [6.45, 7) is 2.07. The Morgan fingerprint density at radius 2 is 2.04 bits per heavy atom. The largest absolute Gasteiger partial charge is 0.294 e. The maximum absolute atomic E-state index is 13.2. The van der Waals surface area contributed by atoms with Gasteiger partial charge in [0.2, 0.25) is 0 Å². The smallest absolute Gasteiger partial charge is 0.252 e. The van der Waals surface area contributed by atoms with Crippen LogP contribution in [0, 0.1) is 5.82 Å². The van der Waals surface area contributed by atoms with Crippen molar-refractivity contribution >= 4 is 11.6 Å². The number of carbonyl (C=O) groups is 1. The number of halogens is 1. The molecule has 0 saturated heterocycles. The van der Waals surface area contributed by atoms with E-state index in [1.165, 1.54) is 12.1 Å². The Kier molecular flexibility index (Phi) is 3.59. The van der Waals surface area contributed by atoms with E-state index in [1.807, 2.05) is 0 Å². The van der Waals surface area contributed by atoms with Crippen LogP contribution < -0.4 is 0 Å². The average molecular weight is 324 g/mol. The fourth-order valence-electron chi connectivity index (χ4n) is 3.29. The highest BCUT2D eigenvalue weighted by Gasteiger charge is 2.29. The van der Waals surface area contributed by atoms with Gasteiger partial charge in [-0.15, -0.1) is 5.10 Å². The van der Waals surface area contributed by atoms with E-state index in [4.69, 9.17) is 0 Å². The number of Topliss-reactive ketones (excluding diaryl/α,β-unsaturated/α-hetero) is 1. The van der Waals surface area contributed by atoms with Crippen molar-refractivity contribution in [2.75, 3.05) is 0 Å². The van der Waals surface area contributed by atoms with Gasteiger partial charge in [-0.1, -0.05) is 19.1 Å². The van der Waals surface area contributed by atoms with E-state index in [1.54, 1.807) is 22.8 Å². The quantitative estimate of drug-likeness (QED) is 0.742. The highest BCUT2D eigenvalue weighted by atomic mass is 19.1. The summed E-state index contributed by atoms with van der Waals surface area (Å²) in [5.41, 5.74) is 2.43. The van der Waals surface area contributed by atoms with Crippen molar-refractivity contribution < 1.29 is 9.18 Å². The molecular weight excluding hydrogens is 307 g/mol.